The molecule has 1 heterocycles. The maximum atomic E-state index is 13.6. The Bertz CT molecular complexity index is 959. The second kappa shape index (κ2) is 7.57. The van der Waals surface area contributed by atoms with Crippen molar-refractivity contribution < 1.29 is 18.0 Å². The van der Waals surface area contributed by atoms with Crippen LogP contribution >= 0.6 is 11.3 Å². The van der Waals surface area contributed by atoms with Gasteiger partial charge in [-0.05, 0) is 31.2 Å². The van der Waals surface area contributed by atoms with Gasteiger partial charge in [0.1, 0.15) is 0 Å². The highest BCUT2D eigenvalue weighted by molar-refractivity contribution is 7.09. The molecule has 0 aliphatic heterocycles. The number of hydrogen-bond acceptors (Lipinski definition) is 4. The van der Waals surface area contributed by atoms with Crippen LogP contribution in [-0.4, -0.2) is 17.4 Å². The monoisotopic (exact) mass is 377 g/mol. The molecule has 4 nitrogen and oxygen atoms in total. The van der Waals surface area contributed by atoms with E-state index in [0.717, 1.165) is 28.4 Å². The zero-order chi connectivity index (χ0) is 18.7. The minimum atomic E-state index is -1.58. The summed E-state index contributed by atoms with van der Waals surface area (Å²) in [6.07, 6.45) is 0. The van der Waals surface area contributed by atoms with E-state index in [-0.39, 0.29) is 12.2 Å². The highest BCUT2D eigenvalue weighted by Crippen LogP contribution is 2.24. The lowest BCUT2D eigenvalue weighted by Gasteiger charge is -2.10. The van der Waals surface area contributed by atoms with Gasteiger partial charge in [-0.3, -0.25) is 4.79 Å². The topological polar surface area (TPSA) is 54.0 Å². The van der Waals surface area contributed by atoms with E-state index in [0.29, 0.717) is 5.69 Å². The number of nitrogens with zero attached hydrogens (tertiary/aromatic N) is 1. The molecule has 2 aromatic carbocycles. The van der Waals surface area contributed by atoms with Gasteiger partial charge in [0.05, 0.1) is 22.9 Å². The minimum absolute atomic E-state index is 0.286. The van der Waals surface area contributed by atoms with Gasteiger partial charge in [0, 0.05) is 16.6 Å². The van der Waals surface area contributed by atoms with E-state index in [4.69, 9.17) is 0 Å². The number of carbonyl (C=O) groups is 1. The van der Waals surface area contributed by atoms with E-state index >= 15 is 0 Å². The molecular weight excluding hydrogens is 363 g/mol. The summed E-state index contributed by atoms with van der Waals surface area (Å²) in [5.41, 5.74) is 1.92. The van der Waals surface area contributed by atoms with E-state index in [9.17, 15) is 18.0 Å². The quantitative estimate of drug-likeness (QED) is 0.640. The third kappa shape index (κ3) is 4.02. The second-order valence-electron chi connectivity index (χ2n) is 5.46. The van der Waals surface area contributed by atoms with Crippen LogP contribution < -0.4 is 10.6 Å². The first-order valence-corrected chi connectivity index (χ1v) is 8.52. The minimum Gasteiger partial charge on any atom is -0.374 e. The molecule has 3 aromatic rings. The van der Waals surface area contributed by atoms with Crippen LogP contribution in [0.3, 0.4) is 0 Å². The number of carbonyl (C=O) groups excluding carboxylic acids is 1. The number of benzene rings is 2. The average Bonchev–Trinajstić information content (AvgIpc) is 3.06. The molecule has 0 aliphatic rings. The molecule has 0 unspecified atom stereocenters. The summed E-state index contributed by atoms with van der Waals surface area (Å²) < 4.78 is 39.6. The molecule has 0 aliphatic carbocycles. The number of rotatable bonds is 5. The van der Waals surface area contributed by atoms with Gasteiger partial charge in [0.15, 0.2) is 17.5 Å². The van der Waals surface area contributed by atoms with Crippen LogP contribution in [-0.2, 0) is 4.79 Å². The van der Waals surface area contributed by atoms with Crippen molar-refractivity contribution in [3.8, 4) is 11.3 Å². The number of aryl methyl sites for hydroxylation is 1. The molecule has 8 heteroatoms. The van der Waals surface area contributed by atoms with Gasteiger partial charge in [-0.25, -0.2) is 18.2 Å². The van der Waals surface area contributed by atoms with Crippen molar-refractivity contribution in [2.24, 2.45) is 0 Å². The molecule has 1 amide bonds. The highest BCUT2D eigenvalue weighted by Gasteiger charge is 2.14. The lowest BCUT2D eigenvalue weighted by atomic mass is 10.1. The molecule has 2 N–H and O–H groups in total. The van der Waals surface area contributed by atoms with Crippen molar-refractivity contribution in [2.45, 2.75) is 6.92 Å². The largest absolute Gasteiger partial charge is 0.374 e. The third-order valence-corrected chi connectivity index (χ3v) is 4.31. The molecule has 0 saturated carbocycles. The van der Waals surface area contributed by atoms with Crippen LogP contribution in [0.15, 0.2) is 41.8 Å². The summed E-state index contributed by atoms with van der Waals surface area (Å²) in [7, 11) is 0. The van der Waals surface area contributed by atoms with Crippen LogP contribution in [0.25, 0.3) is 11.3 Å². The van der Waals surface area contributed by atoms with Gasteiger partial charge in [-0.1, -0.05) is 12.1 Å². The maximum Gasteiger partial charge on any atom is 0.243 e. The molecule has 1 aromatic heterocycles. The number of nitrogens with one attached hydrogen (secondary N) is 2. The van der Waals surface area contributed by atoms with Crippen molar-refractivity contribution in [3.05, 3.63) is 64.2 Å². The normalized spacial score (nSPS) is 10.6. The van der Waals surface area contributed by atoms with Crippen LogP contribution in [0.4, 0.5) is 24.5 Å². The molecule has 134 valence electrons. The Kier molecular flexibility index (Phi) is 5.22. The van der Waals surface area contributed by atoms with Gasteiger partial charge in [0.2, 0.25) is 5.91 Å². The number of hydrogen-bond donors (Lipinski definition) is 2. The number of thiazole rings is 1. The number of anilines is 2. The fraction of sp³-hybridized carbons (Fsp3) is 0.111. The fourth-order valence-electron chi connectivity index (χ4n) is 2.30. The highest BCUT2D eigenvalue weighted by atomic mass is 32.1. The molecule has 0 saturated heterocycles. The maximum absolute atomic E-state index is 13.6. The Morgan fingerprint density at radius 3 is 2.69 bits per heavy atom. The molecular formula is C18H14F3N3OS. The Hall–Kier alpha value is -2.87. The second-order valence-corrected chi connectivity index (χ2v) is 6.52. The summed E-state index contributed by atoms with van der Waals surface area (Å²) in [5.74, 6) is -4.69. The van der Waals surface area contributed by atoms with Gasteiger partial charge < -0.3 is 10.6 Å². The zero-order valence-corrected chi connectivity index (χ0v) is 14.5. The predicted octanol–water partition coefficient (Wildman–Crippen LogP) is 4.59. The Morgan fingerprint density at radius 2 is 1.96 bits per heavy atom. The van der Waals surface area contributed by atoms with Gasteiger partial charge in [0.25, 0.3) is 0 Å². The van der Waals surface area contributed by atoms with E-state index in [1.165, 1.54) is 11.3 Å². The van der Waals surface area contributed by atoms with Crippen molar-refractivity contribution in [1.82, 2.24) is 4.98 Å². The van der Waals surface area contributed by atoms with E-state index in [1.807, 2.05) is 18.4 Å². The van der Waals surface area contributed by atoms with E-state index < -0.39 is 23.4 Å². The summed E-state index contributed by atoms with van der Waals surface area (Å²) in [6, 6.07) is 8.95. The SMILES string of the molecule is Cc1nc(-c2cccc(NC(=O)CNc3ccc(F)c(F)c3F)c2)cs1. The fourth-order valence-corrected chi connectivity index (χ4v) is 2.92. The summed E-state index contributed by atoms with van der Waals surface area (Å²) in [6.45, 7) is 1.60. The first-order chi connectivity index (χ1) is 12.4. The summed E-state index contributed by atoms with van der Waals surface area (Å²) in [4.78, 5) is 16.4. The van der Waals surface area contributed by atoms with E-state index in [1.54, 1.807) is 18.2 Å². The van der Waals surface area contributed by atoms with Crippen molar-refractivity contribution in [1.29, 1.82) is 0 Å². The van der Waals surface area contributed by atoms with E-state index in [2.05, 4.69) is 15.6 Å². The van der Waals surface area contributed by atoms with Gasteiger partial charge >= 0.3 is 0 Å². The molecule has 0 fully saturated rings. The predicted molar refractivity (Wildman–Crippen MR) is 95.7 cm³/mol. The molecule has 0 bridgehead atoms. The Labute approximate surface area is 151 Å². The lowest BCUT2D eigenvalue weighted by molar-refractivity contribution is -0.114. The van der Waals surface area contributed by atoms with Crippen molar-refractivity contribution in [2.75, 3.05) is 17.2 Å². The molecule has 0 spiro atoms. The van der Waals surface area contributed by atoms with Crippen molar-refractivity contribution in [3.63, 3.8) is 0 Å². The average molecular weight is 377 g/mol. The summed E-state index contributed by atoms with van der Waals surface area (Å²) >= 11 is 1.53. The molecule has 0 atom stereocenters. The van der Waals surface area contributed by atoms with Crippen LogP contribution in [0, 0.1) is 24.4 Å². The summed E-state index contributed by atoms with van der Waals surface area (Å²) in [5, 5.41) is 7.96. The standard InChI is InChI=1S/C18H14F3N3OS/c1-10-23-15(9-26-10)11-3-2-4-12(7-11)24-16(25)8-22-14-6-5-13(19)17(20)18(14)21/h2-7,9,22H,8H2,1H3,(H,24,25). The zero-order valence-electron chi connectivity index (χ0n) is 13.6. The third-order valence-electron chi connectivity index (χ3n) is 3.54. The van der Waals surface area contributed by atoms with Crippen molar-refractivity contribution >= 4 is 28.6 Å². The first-order valence-electron chi connectivity index (χ1n) is 7.64. The van der Waals surface area contributed by atoms with Gasteiger partial charge in [-0.15, -0.1) is 11.3 Å². The smallest absolute Gasteiger partial charge is 0.243 e. The first kappa shape index (κ1) is 17.9. The number of amides is 1. The number of halogens is 3. The molecule has 0 radical (unpaired) electrons. The van der Waals surface area contributed by atoms with Crippen LogP contribution in [0.2, 0.25) is 0 Å². The lowest BCUT2D eigenvalue weighted by Crippen LogP contribution is -2.22. The van der Waals surface area contributed by atoms with Gasteiger partial charge in [-0.2, -0.15) is 0 Å². The number of aromatic nitrogens is 1. The van der Waals surface area contributed by atoms with Crippen LogP contribution in [0.5, 0.6) is 0 Å². The Morgan fingerprint density at radius 1 is 1.15 bits per heavy atom. The molecule has 26 heavy (non-hydrogen) atoms. The molecule has 3 rings (SSSR count). The van der Waals surface area contributed by atoms with Crippen LogP contribution in [0.1, 0.15) is 5.01 Å². The Balaban J connectivity index is 1.65.